The summed E-state index contributed by atoms with van der Waals surface area (Å²) in [4.78, 5) is 18.4. The van der Waals surface area contributed by atoms with Crippen molar-refractivity contribution in [3.63, 3.8) is 0 Å². The van der Waals surface area contributed by atoms with Gasteiger partial charge in [0.1, 0.15) is 11.3 Å². The van der Waals surface area contributed by atoms with E-state index in [0.29, 0.717) is 29.8 Å². The summed E-state index contributed by atoms with van der Waals surface area (Å²) in [6, 6.07) is 9.49. The Kier molecular flexibility index (Phi) is 4.94. The van der Waals surface area contributed by atoms with E-state index in [4.69, 9.17) is 8.83 Å². The van der Waals surface area contributed by atoms with E-state index in [1.54, 1.807) is 11.0 Å². The average Bonchev–Trinajstić information content (AvgIpc) is 3.20. The van der Waals surface area contributed by atoms with Crippen molar-refractivity contribution in [1.29, 1.82) is 0 Å². The van der Waals surface area contributed by atoms with E-state index in [2.05, 4.69) is 4.98 Å². The van der Waals surface area contributed by atoms with Crippen molar-refractivity contribution in [3.05, 3.63) is 47.4 Å². The average molecular weight is 344 g/mol. The topological polar surface area (TPSA) is 59.5 Å². The standard InChI is InChI=1S/C18H20N2O3S/c1-4-20(5-2)17(21)15-9-7-13(22-15)11-24-18-19-14-8-6-12(3)10-16(14)23-18/h6-10H,4-5,11H2,1-3H3. The number of fused-ring (bicyclic) bond motifs is 1. The third-order valence-electron chi connectivity index (χ3n) is 3.79. The van der Waals surface area contributed by atoms with Crippen molar-refractivity contribution in [2.24, 2.45) is 0 Å². The number of carbonyl (C=O) groups excluding carboxylic acids is 1. The fraction of sp³-hybridized carbons (Fsp3) is 0.333. The lowest BCUT2D eigenvalue weighted by molar-refractivity contribution is 0.0739. The van der Waals surface area contributed by atoms with Gasteiger partial charge >= 0.3 is 0 Å². The summed E-state index contributed by atoms with van der Waals surface area (Å²) in [5, 5.41) is 0.601. The molecule has 2 aromatic heterocycles. The SMILES string of the molecule is CCN(CC)C(=O)c1ccc(CSc2nc3ccc(C)cc3o2)o1. The monoisotopic (exact) mass is 344 g/mol. The molecule has 3 rings (SSSR count). The van der Waals surface area contributed by atoms with Gasteiger partial charge in [-0.1, -0.05) is 17.8 Å². The number of nitrogens with zero attached hydrogens (tertiary/aromatic N) is 2. The Morgan fingerprint density at radius 2 is 1.96 bits per heavy atom. The molecule has 1 amide bonds. The van der Waals surface area contributed by atoms with Crippen LogP contribution in [0, 0.1) is 6.92 Å². The van der Waals surface area contributed by atoms with Crippen LogP contribution in [0.3, 0.4) is 0 Å². The second-order valence-electron chi connectivity index (χ2n) is 5.48. The number of aryl methyl sites for hydroxylation is 1. The molecule has 6 heteroatoms. The molecule has 0 aliphatic carbocycles. The maximum atomic E-state index is 12.2. The molecule has 24 heavy (non-hydrogen) atoms. The predicted molar refractivity (Wildman–Crippen MR) is 94.3 cm³/mol. The van der Waals surface area contributed by atoms with Gasteiger partial charge in [0, 0.05) is 13.1 Å². The number of benzene rings is 1. The van der Waals surface area contributed by atoms with Crippen LogP contribution < -0.4 is 0 Å². The molecule has 126 valence electrons. The van der Waals surface area contributed by atoms with Crippen molar-refractivity contribution in [3.8, 4) is 0 Å². The smallest absolute Gasteiger partial charge is 0.289 e. The highest BCUT2D eigenvalue weighted by Crippen LogP contribution is 2.27. The Labute approximate surface area is 145 Å². The highest BCUT2D eigenvalue weighted by molar-refractivity contribution is 7.98. The van der Waals surface area contributed by atoms with E-state index in [9.17, 15) is 4.79 Å². The van der Waals surface area contributed by atoms with E-state index in [1.807, 2.05) is 45.0 Å². The van der Waals surface area contributed by atoms with Gasteiger partial charge in [-0.15, -0.1) is 0 Å². The molecule has 0 spiro atoms. The van der Waals surface area contributed by atoms with Gasteiger partial charge in [0.2, 0.25) is 0 Å². The molecule has 0 N–H and O–H groups in total. The van der Waals surface area contributed by atoms with Crippen LogP contribution in [0.4, 0.5) is 0 Å². The summed E-state index contributed by atoms with van der Waals surface area (Å²) < 4.78 is 11.4. The number of hydrogen-bond donors (Lipinski definition) is 0. The fourth-order valence-corrected chi connectivity index (χ4v) is 3.17. The normalized spacial score (nSPS) is 11.1. The van der Waals surface area contributed by atoms with Crippen LogP contribution >= 0.6 is 11.8 Å². The number of thioether (sulfide) groups is 1. The van der Waals surface area contributed by atoms with Gasteiger partial charge in [0.25, 0.3) is 11.1 Å². The van der Waals surface area contributed by atoms with Crippen molar-refractivity contribution >= 4 is 28.8 Å². The summed E-state index contributed by atoms with van der Waals surface area (Å²) in [5.41, 5.74) is 2.77. The molecule has 1 aromatic carbocycles. The van der Waals surface area contributed by atoms with Crippen LogP contribution in [0.2, 0.25) is 0 Å². The van der Waals surface area contributed by atoms with Crippen molar-refractivity contribution in [1.82, 2.24) is 9.88 Å². The van der Waals surface area contributed by atoms with Crippen LogP contribution in [-0.2, 0) is 5.75 Å². The summed E-state index contributed by atoms with van der Waals surface area (Å²) in [6.45, 7) is 7.27. The third kappa shape index (κ3) is 3.48. The maximum Gasteiger partial charge on any atom is 0.289 e. The second kappa shape index (κ2) is 7.13. The molecule has 5 nitrogen and oxygen atoms in total. The van der Waals surface area contributed by atoms with Crippen LogP contribution in [0.15, 0.2) is 44.4 Å². The van der Waals surface area contributed by atoms with E-state index >= 15 is 0 Å². The van der Waals surface area contributed by atoms with Crippen LogP contribution in [0.5, 0.6) is 0 Å². The zero-order valence-electron chi connectivity index (χ0n) is 14.0. The number of furan rings is 1. The quantitative estimate of drug-likeness (QED) is 0.616. The molecule has 0 bridgehead atoms. The largest absolute Gasteiger partial charge is 0.455 e. The molecule has 0 unspecified atom stereocenters. The van der Waals surface area contributed by atoms with Crippen LogP contribution in [-0.4, -0.2) is 28.9 Å². The minimum Gasteiger partial charge on any atom is -0.455 e. The minimum atomic E-state index is -0.0754. The van der Waals surface area contributed by atoms with Crippen LogP contribution in [0.25, 0.3) is 11.1 Å². The molecule has 0 radical (unpaired) electrons. The number of carbonyl (C=O) groups is 1. The van der Waals surface area contributed by atoms with E-state index in [1.165, 1.54) is 11.8 Å². The fourth-order valence-electron chi connectivity index (χ4n) is 2.44. The van der Waals surface area contributed by atoms with E-state index in [-0.39, 0.29) is 5.91 Å². The Morgan fingerprint density at radius 3 is 2.71 bits per heavy atom. The molecule has 3 aromatic rings. The number of hydrogen-bond acceptors (Lipinski definition) is 5. The number of aromatic nitrogens is 1. The summed E-state index contributed by atoms with van der Waals surface area (Å²) in [6.07, 6.45) is 0. The Bertz CT molecular complexity index is 849. The lowest BCUT2D eigenvalue weighted by Gasteiger charge is -2.16. The molecule has 0 fully saturated rings. The van der Waals surface area contributed by atoms with E-state index < -0.39 is 0 Å². The summed E-state index contributed by atoms with van der Waals surface area (Å²) in [7, 11) is 0. The highest BCUT2D eigenvalue weighted by Gasteiger charge is 2.17. The lowest BCUT2D eigenvalue weighted by atomic mass is 10.2. The van der Waals surface area contributed by atoms with Crippen molar-refractivity contribution in [2.75, 3.05) is 13.1 Å². The molecule has 0 atom stereocenters. The molecule has 2 heterocycles. The first-order chi connectivity index (χ1) is 11.6. The number of rotatable bonds is 6. The van der Waals surface area contributed by atoms with Gasteiger partial charge in [-0.05, 0) is 50.6 Å². The predicted octanol–water partition coefficient (Wildman–Crippen LogP) is 4.50. The van der Waals surface area contributed by atoms with Gasteiger partial charge in [0.05, 0.1) is 5.75 Å². The summed E-state index contributed by atoms with van der Waals surface area (Å²) in [5.74, 6) is 1.60. The minimum absolute atomic E-state index is 0.0754. The van der Waals surface area contributed by atoms with Gasteiger partial charge < -0.3 is 13.7 Å². The molecule has 0 aliphatic heterocycles. The Hall–Kier alpha value is -2.21. The van der Waals surface area contributed by atoms with Gasteiger partial charge in [0.15, 0.2) is 11.3 Å². The second-order valence-corrected chi connectivity index (χ2v) is 6.41. The van der Waals surface area contributed by atoms with Crippen LogP contribution in [0.1, 0.15) is 35.7 Å². The molecular formula is C18H20N2O3S. The maximum absolute atomic E-state index is 12.2. The molecule has 0 aliphatic rings. The summed E-state index contributed by atoms with van der Waals surface area (Å²) >= 11 is 1.45. The Balaban J connectivity index is 1.67. The van der Waals surface area contributed by atoms with Crippen molar-refractivity contribution in [2.45, 2.75) is 31.7 Å². The first-order valence-electron chi connectivity index (χ1n) is 7.98. The van der Waals surface area contributed by atoms with Gasteiger partial charge in [-0.2, -0.15) is 0 Å². The number of oxazole rings is 1. The first-order valence-corrected chi connectivity index (χ1v) is 8.97. The molecule has 0 saturated carbocycles. The third-order valence-corrected chi connectivity index (χ3v) is 4.64. The van der Waals surface area contributed by atoms with Gasteiger partial charge in [-0.25, -0.2) is 4.98 Å². The lowest BCUT2D eigenvalue weighted by Crippen LogP contribution is -2.30. The Morgan fingerprint density at radius 1 is 1.17 bits per heavy atom. The van der Waals surface area contributed by atoms with E-state index in [0.717, 1.165) is 22.4 Å². The number of amides is 1. The highest BCUT2D eigenvalue weighted by atomic mass is 32.2. The van der Waals surface area contributed by atoms with Crippen molar-refractivity contribution < 1.29 is 13.6 Å². The first kappa shape index (κ1) is 16.6. The molecular weight excluding hydrogens is 324 g/mol. The molecule has 0 saturated heterocycles. The zero-order chi connectivity index (χ0) is 17.1. The zero-order valence-corrected chi connectivity index (χ0v) is 14.9. The van der Waals surface area contributed by atoms with Gasteiger partial charge in [-0.3, -0.25) is 4.79 Å².